The van der Waals surface area contributed by atoms with Gasteiger partial charge >= 0.3 is 0 Å². The molecule has 0 heterocycles. The summed E-state index contributed by atoms with van der Waals surface area (Å²) in [6.45, 7) is 5.92. The maximum atomic E-state index is 5.02. The second-order valence-electron chi connectivity index (χ2n) is 2.68. The molecule has 1 rings (SSSR count). The number of methoxy groups -OCH3 is 1. The molecule has 0 fully saturated rings. The minimum Gasteiger partial charge on any atom is -0.497 e. The van der Waals surface area contributed by atoms with Crippen molar-refractivity contribution >= 4 is 5.76 Å². The summed E-state index contributed by atoms with van der Waals surface area (Å²) < 4.78 is 5.02. The first-order valence-electron chi connectivity index (χ1n) is 4.10. The summed E-state index contributed by atoms with van der Waals surface area (Å²) in [5.74, 6) is 0.720. The van der Waals surface area contributed by atoms with Gasteiger partial charge in [0, 0.05) is 5.56 Å². The largest absolute Gasteiger partial charge is 0.497 e. The highest BCUT2D eigenvalue weighted by atomic mass is 16.5. The Kier molecular flexibility index (Phi) is 2.92. The van der Waals surface area contributed by atoms with Crippen LogP contribution in [0.4, 0.5) is 0 Å². The third-order valence-electron chi connectivity index (χ3n) is 1.93. The number of rotatable bonds is 3. The highest BCUT2D eigenvalue weighted by Gasteiger charge is 1.96. The highest BCUT2D eigenvalue weighted by Crippen LogP contribution is 2.13. The standard InChI is InChI=1S/C11H14O/c1-4-10-5-7-11(8-6-10)9(2)12-3/h5-8H,2,4H2,1,3H3. The van der Waals surface area contributed by atoms with E-state index in [1.165, 1.54) is 5.56 Å². The van der Waals surface area contributed by atoms with E-state index in [-0.39, 0.29) is 0 Å². The predicted octanol–water partition coefficient (Wildman–Crippen LogP) is 2.87. The van der Waals surface area contributed by atoms with Gasteiger partial charge in [-0.1, -0.05) is 37.8 Å². The molecule has 12 heavy (non-hydrogen) atoms. The SMILES string of the molecule is C=C(OC)c1ccc(CC)cc1. The van der Waals surface area contributed by atoms with Gasteiger partial charge in [-0.15, -0.1) is 0 Å². The molecule has 1 nitrogen and oxygen atoms in total. The molecule has 1 aromatic carbocycles. The van der Waals surface area contributed by atoms with Crippen LogP contribution in [0.25, 0.3) is 5.76 Å². The molecule has 0 radical (unpaired) electrons. The molecule has 0 aromatic heterocycles. The number of benzene rings is 1. The second-order valence-corrected chi connectivity index (χ2v) is 2.68. The van der Waals surface area contributed by atoms with Gasteiger partial charge in [-0.05, 0) is 12.0 Å². The van der Waals surface area contributed by atoms with Gasteiger partial charge in [-0.25, -0.2) is 0 Å². The topological polar surface area (TPSA) is 9.23 Å². The molecule has 0 amide bonds. The van der Waals surface area contributed by atoms with Gasteiger partial charge in [-0.2, -0.15) is 0 Å². The molecule has 0 bridgehead atoms. The Hall–Kier alpha value is -1.24. The first kappa shape index (κ1) is 8.85. The fourth-order valence-electron chi connectivity index (χ4n) is 1.04. The third kappa shape index (κ3) is 1.88. The average molecular weight is 162 g/mol. The maximum Gasteiger partial charge on any atom is 0.118 e. The maximum absolute atomic E-state index is 5.02. The summed E-state index contributed by atoms with van der Waals surface area (Å²) in [6, 6.07) is 8.26. The smallest absolute Gasteiger partial charge is 0.118 e. The fraction of sp³-hybridized carbons (Fsp3) is 0.273. The van der Waals surface area contributed by atoms with Crippen molar-refractivity contribution in [3.8, 4) is 0 Å². The quantitative estimate of drug-likeness (QED) is 0.621. The van der Waals surface area contributed by atoms with Crippen molar-refractivity contribution in [3.05, 3.63) is 42.0 Å². The van der Waals surface area contributed by atoms with Crippen LogP contribution in [-0.2, 0) is 11.2 Å². The molecule has 0 aliphatic rings. The van der Waals surface area contributed by atoms with E-state index in [4.69, 9.17) is 4.74 Å². The van der Waals surface area contributed by atoms with Gasteiger partial charge in [0.15, 0.2) is 0 Å². The minimum atomic E-state index is 0.720. The lowest BCUT2D eigenvalue weighted by Gasteiger charge is -2.04. The van der Waals surface area contributed by atoms with Crippen LogP contribution in [0.15, 0.2) is 30.8 Å². The Morgan fingerprint density at radius 1 is 1.33 bits per heavy atom. The average Bonchev–Trinajstić information content (AvgIpc) is 2.17. The van der Waals surface area contributed by atoms with Gasteiger partial charge in [0.25, 0.3) is 0 Å². The lowest BCUT2D eigenvalue weighted by molar-refractivity contribution is 0.371. The van der Waals surface area contributed by atoms with Gasteiger partial charge in [0.2, 0.25) is 0 Å². The molecular weight excluding hydrogens is 148 g/mol. The molecule has 0 aliphatic carbocycles. The molecule has 0 aliphatic heterocycles. The van der Waals surface area contributed by atoms with E-state index in [1.54, 1.807) is 7.11 Å². The summed E-state index contributed by atoms with van der Waals surface area (Å²) in [5, 5.41) is 0. The molecule has 0 atom stereocenters. The minimum absolute atomic E-state index is 0.720. The van der Waals surface area contributed by atoms with Crippen molar-refractivity contribution in [3.63, 3.8) is 0 Å². The number of hydrogen-bond donors (Lipinski definition) is 0. The van der Waals surface area contributed by atoms with Gasteiger partial charge in [0.1, 0.15) is 5.76 Å². The summed E-state index contributed by atoms with van der Waals surface area (Å²) in [4.78, 5) is 0. The van der Waals surface area contributed by atoms with Crippen LogP contribution in [0.1, 0.15) is 18.1 Å². The fourth-order valence-corrected chi connectivity index (χ4v) is 1.04. The van der Waals surface area contributed by atoms with Gasteiger partial charge in [-0.3, -0.25) is 0 Å². The van der Waals surface area contributed by atoms with E-state index in [0.717, 1.165) is 17.7 Å². The molecule has 0 saturated heterocycles. The summed E-state index contributed by atoms with van der Waals surface area (Å²) in [7, 11) is 1.63. The zero-order chi connectivity index (χ0) is 8.97. The van der Waals surface area contributed by atoms with Gasteiger partial charge in [0.05, 0.1) is 7.11 Å². The zero-order valence-corrected chi connectivity index (χ0v) is 7.63. The monoisotopic (exact) mass is 162 g/mol. The predicted molar refractivity (Wildman–Crippen MR) is 51.9 cm³/mol. The van der Waals surface area contributed by atoms with Crippen LogP contribution in [-0.4, -0.2) is 7.11 Å². The van der Waals surface area contributed by atoms with Crippen LogP contribution >= 0.6 is 0 Å². The Morgan fingerprint density at radius 3 is 2.33 bits per heavy atom. The summed E-state index contributed by atoms with van der Waals surface area (Å²) in [5.41, 5.74) is 2.39. The Bertz CT molecular complexity index is 259. The van der Waals surface area contributed by atoms with Crippen LogP contribution in [0.5, 0.6) is 0 Å². The van der Waals surface area contributed by atoms with E-state index in [1.807, 2.05) is 12.1 Å². The van der Waals surface area contributed by atoms with Crippen molar-refractivity contribution in [2.24, 2.45) is 0 Å². The van der Waals surface area contributed by atoms with E-state index in [0.29, 0.717) is 0 Å². The summed E-state index contributed by atoms with van der Waals surface area (Å²) in [6.07, 6.45) is 1.07. The van der Waals surface area contributed by atoms with Crippen molar-refractivity contribution in [2.75, 3.05) is 7.11 Å². The molecular formula is C11H14O. The highest BCUT2D eigenvalue weighted by molar-refractivity contribution is 5.57. The number of hydrogen-bond acceptors (Lipinski definition) is 1. The van der Waals surface area contributed by atoms with Crippen molar-refractivity contribution < 1.29 is 4.74 Å². The van der Waals surface area contributed by atoms with E-state index in [9.17, 15) is 0 Å². The normalized spacial score (nSPS) is 9.50. The lowest BCUT2D eigenvalue weighted by Crippen LogP contribution is -1.86. The second kappa shape index (κ2) is 3.96. The molecule has 1 aromatic rings. The Labute approximate surface area is 73.7 Å². The molecule has 0 spiro atoms. The van der Waals surface area contributed by atoms with Crippen molar-refractivity contribution in [2.45, 2.75) is 13.3 Å². The van der Waals surface area contributed by atoms with Crippen molar-refractivity contribution in [1.29, 1.82) is 0 Å². The van der Waals surface area contributed by atoms with Gasteiger partial charge < -0.3 is 4.74 Å². The number of aryl methyl sites for hydroxylation is 1. The zero-order valence-electron chi connectivity index (χ0n) is 7.63. The molecule has 0 N–H and O–H groups in total. The molecule has 1 heteroatoms. The summed E-state index contributed by atoms with van der Waals surface area (Å²) >= 11 is 0. The Morgan fingerprint density at radius 2 is 1.92 bits per heavy atom. The molecule has 0 unspecified atom stereocenters. The Balaban J connectivity index is 2.84. The van der Waals surface area contributed by atoms with E-state index < -0.39 is 0 Å². The first-order valence-corrected chi connectivity index (χ1v) is 4.10. The molecule has 64 valence electrons. The van der Waals surface area contributed by atoms with Crippen LogP contribution in [0.3, 0.4) is 0 Å². The first-order chi connectivity index (χ1) is 5.77. The lowest BCUT2D eigenvalue weighted by atomic mass is 10.1. The third-order valence-corrected chi connectivity index (χ3v) is 1.93. The number of ether oxygens (including phenoxy) is 1. The molecule has 0 saturated carbocycles. The van der Waals surface area contributed by atoms with Crippen LogP contribution in [0, 0.1) is 0 Å². The van der Waals surface area contributed by atoms with E-state index in [2.05, 4.69) is 25.6 Å². The van der Waals surface area contributed by atoms with E-state index >= 15 is 0 Å². The van der Waals surface area contributed by atoms with Crippen LogP contribution < -0.4 is 0 Å². The van der Waals surface area contributed by atoms with Crippen LogP contribution in [0.2, 0.25) is 0 Å². The van der Waals surface area contributed by atoms with Crippen molar-refractivity contribution in [1.82, 2.24) is 0 Å².